The molecule has 4 heteroatoms. The Hall–Kier alpha value is -1.71. The summed E-state index contributed by atoms with van der Waals surface area (Å²) in [4.78, 5) is 0. The summed E-state index contributed by atoms with van der Waals surface area (Å²) in [5, 5.41) is 19.6. The Morgan fingerprint density at radius 2 is 2.00 bits per heavy atom. The number of aliphatic hydroxyl groups excluding tert-OH is 1. The van der Waals surface area contributed by atoms with E-state index >= 15 is 0 Å². The Bertz CT molecular complexity index is 567. The van der Waals surface area contributed by atoms with E-state index in [0.29, 0.717) is 22.9 Å². The van der Waals surface area contributed by atoms with Crippen LogP contribution in [-0.4, -0.2) is 10.2 Å². The molecule has 0 saturated carbocycles. The zero-order chi connectivity index (χ0) is 13.8. The smallest absolute Gasteiger partial charge is 0.125 e. The van der Waals surface area contributed by atoms with Crippen LogP contribution in [0, 0.1) is 0 Å². The first-order chi connectivity index (χ1) is 9.06. The molecule has 0 aliphatic carbocycles. The molecule has 3 nitrogen and oxygen atoms in total. The topological polar surface area (TPSA) is 49.7 Å². The number of ether oxygens (including phenoxy) is 1. The Morgan fingerprint density at radius 3 is 2.68 bits per heavy atom. The van der Waals surface area contributed by atoms with Crippen molar-refractivity contribution in [3.63, 3.8) is 0 Å². The zero-order valence-corrected chi connectivity index (χ0v) is 11.3. The Balaban J connectivity index is 2.15. The highest BCUT2D eigenvalue weighted by atomic mass is 35.5. The van der Waals surface area contributed by atoms with Crippen molar-refractivity contribution in [2.75, 3.05) is 0 Å². The highest BCUT2D eigenvalue weighted by Gasteiger charge is 2.10. The van der Waals surface area contributed by atoms with Crippen molar-refractivity contribution in [2.24, 2.45) is 0 Å². The van der Waals surface area contributed by atoms with Crippen LogP contribution in [0.1, 0.15) is 24.2 Å². The molecule has 0 aromatic heterocycles. The van der Waals surface area contributed by atoms with Crippen molar-refractivity contribution >= 4 is 11.6 Å². The summed E-state index contributed by atoms with van der Waals surface area (Å²) in [5.41, 5.74) is 1.50. The summed E-state index contributed by atoms with van der Waals surface area (Å²) in [5.74, 6) is 0.788. The number of halogens is 1. The summed E-state index contributed by atoms with van der Waals surface area (Å²) in [7, 11) is 0. The van der Waals surface area contributed by atoms with Crippen LogP contribution in [0.2, 0.25) is 5.02 Å². The minimum Gasteiger partial charge on any atom is -0.508 e. The second-order valence-electron chi connectivity index (χ2n) is 4.32. The first-order valence-corrected chi connectivity index (χ1v) is 6.32. The number of hydrogen-bond donors (Lipinski definition) is 2. The van der Waals surface area contributed by atoms with Gasteiger partial charge in [0.25, 0.3) is 0 Å². The van der Waals surface area contributed by atoms with Crippen LogP contribution in [0.4, 0.5) is 0 Å². The lowest BCUT2D eigenvalue weighted by Crippen LogP contribution is -2.01. The van der Waals surface area contributed by atoms with Gasteiger partial charge in [-0.05, 0) is 42.8 Å². The van der Waals surface area contributed by atoms with E-state index in [1.165, 1.54) is 0 Å². The summed E-state index contributed by atoms with van der Waals surface area (Å²) in [6.07, 6.45) is -0.655. The Morgan fingerprint density at radius 1 is 1.21 bits per heavy atom. The number of aliphatic hydroxyl groups is 1. The molecular formula is C15H15ClO3. The lowest BCUT2D eigenvalue weighted by Gasteiger charge is -2.14. The van der Waals surface area contributed by atoms with Crippen LogP contribution in [0.15, 0.2) is 42.5 Å². The lowest BCUT2D eigenvalue weighted by atomic mass is 10.1. The Labute approximate surface area is 117 Å². The zero-order valence-electron chi connectivity index (χ0n) is 10.5. The van der Waals surface area contributed by atoms with Crippen molar-refractivity contribution in [1.82, 2.24) is 0 Å². The highest BCUT2D eigenvalue weighted by molar-refractivity contribution is 6.30. The summed E-state index contributed by atoms with van der Waals surface area (Å²) in [6.45, 7) is 1.97. The molecule has 0 radical (unpaired) electrons. The maximum absolute atomic E-state index is 9.69. The SMILES string of the molecule is C[C@@H](O)c1cc(Cl)ccc1OCc1cccc(O)c1. The van der Waals surface area contributed by atoms with Crippen molar-refractivity contribution in [2.45, 2.75) is 19.6 Å². The van der Waals surface area contributed by atoms with Gasteiger partial charge < -0.3 is 14.9 Å². The van der Waals surface area contributed by atoms with E-state index in [4.69, 9.17) is 16.3 Å². The molecular weight excluding hydrogens is 264 g/mol. The molecule has 0 unspecified atom stereocenters. The van der Waals surface area contributed by atoms with Gasteiger partial charge in [0.2, 0.25) is 0 Å². The monoisotopic (exact) mass is 278 g/mol. The van der Waals surface area contributed by atoms with Crippen LogP contribution >= 0.6 is 11.6 Å². The van der Waals surface area contributed by atoms with Gasteiger partial charge in [-0.1, -0.05) is 23.7 Å². The number of benzene rings is 2. The van der Waals surface area contributed by atoms with E-state index < -0.39 is 6.10 Å². The molecule has 0 aliphatic heterocycles. The maximum atomic E-state index is 9.69. The molecule has 0 heterocycles. The second kappa shape index (κ2) is 5.95. The van der Waals surface area contributed by atoms with Crippen LogP contribution in [0.5, 0.6) is 11.5 Å². The van der Waals surface area contributed by atoms with Crippen LogP contribution in [0.25, 0.3) is 0 Å². The average Bonchev–Trinajstić information content (AvgIpc) is 2.37. The van der Waals surface area contributed by atoms with E-state index in [0.717, 1.165) is 5.56 Å². The summed E-state index contributed by atoms with van der Waals surface area (Å²) >= 11 is 5.90. The molecule has 2 rings (SSSR count). The average molecular weight is 279 g/mol. The molecule has 0 fully saturated rings. The van der Waals surface area contributed by atoms with E-state index in [9.17, 15) is 10.2 Å². The van der Waals surface area contributed by atoms with Crippen molar-refractivity contribution in [3.05, 3.63) is 58.6 Å². The predicted octanol–water partition coefficient (Wildman–Crippen LogP) is 3.68. The fourth-order valence-corrected chi connectivity index (χ4v) is 1.97. The molecule has 2 N–H and O–H groups in total. The number of rotatable bonds is 4. The van der Waals surface area contributed by atoms with E-state index in [-0.39, 0.29) is 5.75 Å². The number of hydrogen-bond acceptors (Lipinski definition) is 3. The first kappa shape index (κ1) is 13.7. The third-order valence-corrected chi connectivity index (χ3v) is 2.96. The van der Waals surface area contributed by atoms with E-state index in [1.807, 2.05) is 6.07 Å². The third kappa shape index (κ3) is 3.63. The van der Waals surface area contributed by atoms with Crippen molar-refractivity contribution in [3.8, 4) is 11.5 Å². The first-order valence-electron chi connectivity index (χ1n) is 5.94. The molecule has 100 valence electrons. The number of phenols is 1. The predicted molar refractivity (Wildman–Crippen MR) is 74.5 cm³/mol. The fourth-order valence-electron chi connectivity index (χ4n) is 1.78. The summed E-state index contributed by atoms with van der Waals surface area (Å²) in [6, 6.07) is 12.0. The second-order valence-corrected chi connectivity index (χ2v) is 4.75. The molecule has 2 aromatic carbocycles. The van der Waals surface area contributed by atoms with Gasteiger partial charge >= 0.3 is 0 Å². The number of phenolic OH excluding ortho intramolecular Hbond substituents is 1. The highest BCUT2D eigenvalue weighted by Crippen LogP contribution is 2.29. The van der Waals surface area contributed by atoms with Gasteiger partial charge in [0.15, 0.2) is 0 Å². The van der Waals surface area contributed by atoms with Crippen LogP contribution in [-0.2, 0) is 6.61 Å². The molecule has 0 spiro atoms. The fraction of sp³-hybridized carbons (Fsp3) is 0.200. The van der Waals surface area contributed by atoms with Gasteiger partial charge in [0.05, 0.1) is 6.10 Å². The largest absolute Gasteiger partial charge is 0.508 e. The molecule has 1 atom stereocenters. The Kier molecular flexibility index (Phi) is 4.30. The van der Waals surface area contributed by atoms with Crippen LogP contribution < -0.4 is 4.74 Å². The van der Waals surface area contributed by atoms with E-state index in [2.05, 4.69) is 0 Å². The molecule has 0 bridgehead atoms. The van der Waals surface area contributed by atoms with Crippen molar-refractivity contribution < 1.29 is 14.9 Å². The molecule has 0 amide bonds. The summed E-state index contributed by atoms with van der Waals surface area (Å²) < 4.78 is 5.66. The quantitative estimate of drug-likeness (QED) is 0.897. The minimum atomic E-state index is -0.655. The minimum absolute atomic E-state index is 0.202. The van der Waals surface area contributed by atoms with Gasteiger partial charge in [0.1, 0.15) is 18.1 Å². The third-order valence-electron chi connectivity index (χ3n) is 2.73. The maximum Gasteiger partial charge on any atom is 0.125 e. The standard InChI is InChI=1S/C15H15ClO3/c1-10(17)14-8-12(16)5-6-15(14)19-9-11-3-2-4-13(18)7-11/h2-8,10,17-18H,9H2,1H3/t10-/m1/s1. The lowest BCUT2D eigenvalue weighted by molar-refractivity contribution is 0.190. The van der Waals surface area contributed by atoms with Gasteiger partial charge in [-0.2, -0.15) is 0 Å². The van der Waals surface area contributed by atoms with Gasteiger partial charge in [-0.15, -0.1) is 0 Å². The molecule has 0 saturated heterocycles. The van der Waals surface area contributed by atoms with Gasteiger partial charge in [-0.25, -0.2) is 0 Å². The number of aromatic hydroxyl groups is 1. The molecule has 19 heavy (non-hydrogen) atoms. The molecule has 2 aromatic rings. The normalized spacial score (nSPS) is 12.2. The van der Waals surface area contributed by atoms with E-state index in [1.54, 1.807) is 43.3 Å². The van der Waals surface area contributed by atoms with Gasteiger partial charge in [-0.3, -0.25) is 0 Å². The molecule has 0 aliphatic rings. The van der Waals surface area contributed by atoms with Gasteiger partial charge in [0, 0.05) is 10.6 Å². The van der Waals surface area contributed by atoms with Crippen molar-refractivity contribution in [1.29, 1.82) is 0 Å². The van der Waals surface area contributed by atoms with Crippen LogP contribution in [0.3, 0.4) is 0 Å².